The number of nitrogens with zero attached hydrogens (tertiary/aromatic N) is 2. The Morgan fingerprint density at radius 1 is 1.30 bits per heavy atom. The molecule has 0 saturated carbocycles. The van der Waals surface area contributed by atoms with Crippen molar-refractivity contribution in [1.82, 2.24) is 9.97 Å². The van der Waals surface area contributed by atoms with Gasteiger partial charge in [0, 0.05) is 23.7 Å². The van der Waals surface area contributed by atoms with E-state index in [-0.39, 0.29) is 6.04 Å². The van der Waals surface area contributed by atoms with Crippen molar-refractivity contribution in [2.24, 2.45) is 5.73 Å². The van der Waals surface area contributed by atoms with Gasteiger partial charge in [-0.3, -0.25) is 0 Å². The van der Waals surface area contributed by atoms with Gasteiger partial charge in [-0.1, -0.05) is 17.8 Å². The van der Waals surface area contributed by atoms with Crippen LogP contribution in [0.25, 0.3) is 0 Å². The number of nitrogens with two attached hydrogens (primary N) is 1. The lowest BCUT2D eigenvalue weighted by Gasteiger charge is -2.30. The smallest absolute Gasteiger partial charge is 0.187 e. The van der Waals surface area contributed by atoms with Crippen LogP contribution in [-0.4, -0.2) is 22.3 Å². The van der Waals surface area contributed by atoms with Gasteiger partial charge in [0.05, 0.1) is 7.11 Å². The van der Waals surface area contributed by atoms with E-state index in [2.05, 4.69) is 22.1 Å². The van der Waals surface area contributed by atoms with Gasteiger partial charge in [0.15, 0.2) is 5.16 Å². The third-order valence-electron chi connectivity index (χ3n) is 3.61. The first-order valence-corrected chi connectivity index (χ1v) is 7.52. The van der Waals surface area contributed by atoms with Crippen molar-refractivity contribution in [3.05, 3.63) is 47.8 Å². The third kappa shape index (κ3) is 2.64. The maximum absolute atomic E-state index is 6.41. The Morgan fingerprint density at radius 3 is 2.85 bits per heavy atom. The van der Waals surface area contributed by atoms with Crippen LogP contribution in [0.15, 0.2) is 41.8 Å². The minimum absolute atomic E-state index is 0.0125. The number of rotatable bonds is 3. The summed E-state index contributed by atoms with van der Waals surface area (Å²) in [4.78, 5) is 8.53. The summed E-state index contributed by atoms with van der Waals surface area (Å²) in [5.41, 5.74) is 8.92. The van der Waals surface area contributed by atoms with Crippen molar-refractivity contribution in [3.63, 3.8) is 0 Å². The van der Waals surface area contributed by atoms with E-state index >= 15 is 0 Å². The van der Waals surface area contributed by atoms with Crippen LogP contribution in [0.2, 0.25) is 0 Å². The lowest BCUT2D eigenvalue weighted by atomic mass is 9.87. The zero-order chi connectivity index (χ0) is 13.9. The summed E-state index contributed by atoms with van der Waals surface area (Å²) in [5.74, 6) is 0.897. The van der Waals surface area contributed by atoms with Crippen molar-refractivity contribution in [1.29, 1.82) is 0 Å². The molecule has 20 heavy (non-hydrogen) atoms. The van der Waals surface area contributed by atoms with Crippen molar-refractivity contribution < 1.29 is 4.74 Å². The summed E-state index contributed by atoms with van der Waals surface area (Å²) >= 11 is 1.67. The van der Waals surface area contributed by atoms with Gasteiger partial charge in [-0.25, -0.2) is 9.97 Å². The number of hydrogen-bond donors (Lipinski definition) is 1. The van der Waals surface area contributed by atoms with Crippen LogP contribution in [0.5, 0.6) is 5.75 Å². The standard InChI is InChI=1S/C15H17N3OS/c1-19-11-4-5-12-10(9-11)3-6-13(14(12)16)20-15-17-7-2-8-18-15/h2,4-5,7-9,13-14H,3,6,16H2,1H3. The molecule has 2 unspecified atom stereocenters. The second-order valence-corrected chi connectivity index (χ2v) is 6.02. The summed E-state index contributed by atoms with van der Waals surface area (Å²) in [6.45, 7) is 0. The zero-order valence-corrected chi connectivity index (χ0v) is 12.1. The zero-order valence-electron chi connectivity index (χ0n) is 11.3. The highest BCUT2D eigenvalue weighted by Gasteiger charge is 2.28. The number of thioether (sulfide) groups is 1. The molecule has 2 N–H and O–H groups in total. The third-order valence-corrected chi connectivity index (χ3v) is 4.86. The lowest BCUT2D eigenvalue weighted by molar-refractivity contribution is 0.413. The van der Waals surface area contributed by atoms with Crippen LogP contribution >= 0.6 is 11.8 Å². The van der Waals surface area contributed by atoms with Crippen molar-refractivity contribution in [3.8, 4) is 5.75 Å². The van der Waals surface area contributed by atoms with E-state index in [9.17, 15) is 0 Å². The number of aromatic nitrogens is 2. The molecule has 5 heteroatoms. The fraction of sp³-hybridized carbons (Fsp3) is 0.333. The van der Waals surface area contributed by atoms with Crippen LogP contribution in [0.3, 0.4) is 0 Å². The minimum atomic E-state index is 0.0125. The number of methoxy groups -OCH3 is 1. The van der Waals surface area contributed by atoms with E-state index in [0.717, 1.165) is 23.7 Å². The molecule has 0 bridgehead atoms. The summed E-state index contributed by atoms with van der Waals surface area (Å²) in [5, 5.41) is 1.11. The fourth-order valence-electron chi connectivity index (χ4n) is 2.54. The maximum Gasteiger partial charge on any atom is 0.187 e. The Balaban J connectivity index is 1.80. The molecule has 0 amide bonds. The SMILES string of the molecule is COc1ccc2c(c1)CCC(Sc1ncccn1)C2N. The molecule has 0 aliphatic heterocycles. The van der Waals surface area contributed by atoms with Gasteiger partial charge in [-0.15, -0.1) is 0 Å². The van der Waals surface area contributed by atoms with Gasteiger partial charge in [-0.05, 0) is 42.2 Å². The van der Waals surface area contributed by atoms with Crippen molar-refractivity contribution in [2.45, 2.75) is 29.3 Å². The van der Waals surface area contributed by atoms with Crippen LogP contribution in [-0.2, 0) is 6.42 Å². The summed E-state index contributed by atoms with van der Waals surface area (Å²) in [6, 6.07) is 7.99. The molecule has 2 aromatic rings. The first kappa shape index (κ1) is 13.4. The maximum atomic E-state index is 6.41. The first-order valence-electron chi connectivity index (χ1n) is 6.64. The molecule has 1 aliphatic carbocycles. The number of fused-ring (bicyclic) bond motifs is 1. The van der Waals surface area contributed by atoms with E-state index in [4.69, 9.17) is 10.5 Å². The predicted molar refractivity (Wildman–Crippen MR) is 79.9 cm³/mol. The molecular formula is C15H17N3OS. The van der Waals surface area contributed by atoms with Gasteiger partial charge in [0.1, 0.15) is 5.75 Å². The van der Waals surface area contributed by atoms with E-state index in [1.54, 1.807) is 31.3 Å². The average Bonchev–Trinajstić information content (AvgIpc) is 2.51. The largest absolute Gasteiger partial charge is 0.497 e. The Hall–Kier alpha value is -1.59. The lowest BCUT2D eigenvalue weighted by Crippen LogP contribution is -2.29. The number of ether oxygens (including phenoxy) is 1. The monoisotopic (exact) mass is 287 g/mol. The summed E-state index contributed by atoms with van der Waals surface area (Å²) < 4.78 is 5.27. The molecule has 104 valence electrons. The van der Waals surface area contributed by atoms with Gasteiger partial charge in [0.2, 0.25) is 0 Å². The molecule has 1 aromatic carbocycles. The first-order chi connectivity index (χ1) is 9.78. The average molecular weight is 287 g/mol. The number of hydrogen-bond acceptors (Lipinski definition) is 5. The summed E-state index contributed by atoms with van der Waals surface area (Å²) in [7, 11) is 1.69. The molecule has 3 rings (SSSR count). The number of benzene rings is 1. The quantitative estimate of drug-likeness (QED) is 0.879. The highest BCUT2D eigenvalue weighted by atomic mass is 32.2. The molecule has 0 spiro atoms. The topological polar surface area (TPSA) is 61.0 Å². The van der Waals surface area contributed by atoms with Crippen LogP contribution in [0.4, 0.5) is 0 Å². The Kier molecular flexibility index (Phi) is 3.89. The van der Waals surface area contributed by atoms with Gasteiger partial charge < -0.3 is 10.5 Å². The Bertz CT molecular complexity index is 591. The summed E-state index contributed by atoms with van der Waals surface area (Å²) in [6.07, 6.45) is 5.58. The highest BCUT2D eigenvalue weighted by Crippen LogP contribution is 2.38. The van der Waals surface area contributed by atoms with E-state index in [1.807, 2.05) is 12.1 Å². The molecule has 0 radical (unpaired) electrons. The molecule has 1 aromatic heterocycles. The van der Waals surface area contributed by atoms with Crippen LogP contribution < -0.4 is 10.5 Å². The molecule has 1 heterocycles. The van der Waals surface area contributed by atoms with Crippen LogP contribution in [0, 0.1) is 0 Å². The predicted octanol–water partition coefficient (Wildman–Crippen LogP) is 2.59. The molecule has 2 atom stereocenters. The second kappa shape index (κ2) is 5.81. The van der Waals surface area contributed by atoms with Crippen molar-refractivity contribution in [2.75, 3.05) is 7.11 Å². The number of aryl methyl sites for hydroxylation is 1. The fourth-order valence-corrected chi connectivity index (χ4v) is 3.59. The van der Waals surface area contributed by atoms with Gasteiger partial charge >= 0.3 is 0 Å². The molecule has 0 fully saturated rings. The van der Waals surface area contributed by atoms with E-state index in [1.165, 1.54) is 11.1 Å². The van der Waals surface area contributed by atoms with E-state index in [0.29, 0.717) is 5.25 Å². The molecule has 4 nitrogen and oxygen atoms in total. The highest BCUT2D eigenvalue weighted by molar-refractivity contribution is 7.99. The Morgan fingerprint density at radius 2 is 2.10 bits per heavy atom. The minimum Gasteiger partial charge on any atom is -0.497 e. The molecular weight excluding hydrogens is 270 g/mol. The normalized spacial score (nSPS) is 21.3. The second-order valence-electron chi connectivity index (χ2n) is 4.82. The van der Waals surface area contributed by atoms with Gasteiger partial charge in [0.25, 0.3) is 0 Å². The van der Waals surface area contributed by atoms with Crippen molar-refractivity contribution >= 4 is 11.8 Å². The van der Waals surface area contributed by atoms with E-state index < -0.39 is 0 Å². The Labute approximate surface area is 122 Å². The van der Waals surface area contributed by atoms with Gasteiger partial charge in [-0.2, -0.15) is 0 Å². The van der Waals surface area contributed by atoms with Crippen LogP contribution in [0.1, 0.15) is 23.6 Å². The molecule has 1 aliphatic rings. The molecule has 0 saturated heterocycles.